The monoisotopic (exact) mass is 407 g/mol. The molecule has 1 aromatic heterocycles. The number of hydrogen-bond acceptors (Lipinski definition) is 5. The number of nitrogen functional groups attached to an aromatic ring is 1. The van der Waals surface area contributed by atoms with Crippen LogP contribution in [-0.2, 0) is 6.42 Å². The third-order valence-electron chi connectivity index (χ3n) is 6.24. The summed E-state index contributed by atoms with van der Waals surface area (Å²) in [6.45, 7) is 2.11. The Labute approximate surface area is 177 Å². The van der Waals surface area contributed by atoms with Gasteiger partial charge in [0.1, 0.15) is 5.82 Å². The normalized spacial score (nSPS) is 19.4. The second-order valence-corrected chi connectivity index (χ2v) is 8.47. The number of anilines is 2. The van der Waals surface area contributed by atoms with E-state index in [1.54, 1.807) is 6.07 Å². The largest absolute Gasteiger partial charge is 0.396 e. The summed E-state index contributed by atoms with van der Waals surface area (Å²) in [6, 6.07) is 10.1. The Hall–Kier alpha value is -2.73. The van der Waals surface area contributed by atoms with Gasteiger partial charge in [0.05, 0.1) is 11.2 Å². The second-order valence-electron chi connectivity index (χ2n) is 8.47. The number of rotatable bonds is 5. The first-order valence-electron chi connectivity index (χ1n) is 10.7. The third kappa shape index (κ3) is 4.24. The maximum absolute atomic E-state index is 13.9. The molecule has 0 saturated heterocycles. The van der Waals surface area contributed by atoms with Gasteiger partial charge in [-0.2, -0.15) is 0 Å². The van der Waals surface area contributed by atoms with Crippen LogP contribution in [0.25, 0.3) is 22.0 Å². The summed E-state index contributed by atoms with van der Waals surface area (Å²) >= 11 is 0. The molecule has 1 saturated carbocycles. The third-order valence-corrected chi connectivity index (χ3v) is 6.24. The first-order chi connectivity index (χ1) is 14.4. The van der Waals surface area contributed by atoms with Crippen molar-refractivity contribution in [2.24, 2.45) is 0 Å². The van der Waals surface area contributed by atoms with E-state index in [9.17, 15) is 4.39 Å². The molecule has 0 aliphatic heterocycles. The summed E-state index contributed by atoms with van der Waals surface area (Å²) in [6.07, 6.45) is 7.36. The Morgan fingerprint density at radius 2 is 1.87 bits per heavy atom. The van der Waals surface area contributed by atoms with Gasteiger partial charge in [-0.15, -0.1) is 0 Å². The molecule has 0 atom stereocenters. The molecule has 1 heterocycles. The molecule has 4 rings (SSSR count). The van der Waals surface area contributed by atoms with E-state index >= 15 is 0 Å². The van der Waals surface area contributed by atoms with Gasteiger partial charge in [-0.25, -0.2) is 14.4 Å². The Kier molecular flexibility index (Phi) is 5.86. The van der Waals surface area contributed by atoms with E-state index in [0.717, 1.165) is 46.9 Å². The van der Waals surface area contributed by atoms with Gasteiger partial charge in [0, 0.05) is 23.7 Å². The number of nitrogens with zero attached hydrogens (tertiary/aromatic N) is 3. The molecule has 1 fully saturated rings. The summed E-state index contributed by atoms with van der Waals surface area (Å²) in [5.41, 5.74) is 9.62. The molecule has 0 amide bonds. The van der Waals surface area contributed by atoms with Crippen molar-refractivity contribution >= 4 is 22.5 Å². The van der Waals surface area contributed by atoms with Crippen LogP contribution in [0.2, 0.25) is 0 Å². The molecule has 0 spiro atoms. The summed E-state index contributed by atoms with van der Waals surface area (Å²) in [4.78, 5) is 11.7. The molecular weight excluding hydrogens is 377 g/mol. The minimum absolute atomic E-state index is 0.161. The zero-order valence-corrected chi connectivity index (χ0v) is 18.0. The van der Waals surface area contributed by atoms with Gasteiger partial charge in [-0.05, 0) is 87.2 Å². The minimum atomic E-state index is -0.398. The van der Waals surface area contributed by atoms with Gasteiger partial charge in [-0.1, -0.05) is 13.0 Å². The van der Waals surface area contributed by atoms with Crippen LogP contribution in [0, 0.1) is 5.82 Å². The maximum atomic E-state index is 13.9. The maximum Gasteiger partial charge on any atom is 0.223 e. The number of aromatic nitrogens is 2. The topological polar surface area (TPSA) is 67.1 Å². The van der Waals surface area contributed by atoms with Crippen LogP contribution in [0.15, 0.2) is 36.5 Å². The fraction of sp³-hybridized carbons (Fsp3) is 0.417. The van der Waals surface area contributed by atoms with E-state index in [4.69, 9.17) is 10.7 Å². The van der Waals surface area contributed by atoms with Crippen LogP contribution in [0.4, 0.5) is 16.0 Å². The summed E-state index contributed by atoms with van der Waals surface area (Å²) in [5.74, 6) is 0.294. The van der Waals surface area contributed by atoms with Crippen molar-refractivity contribution < 1.29 is 4.39 Å². The van der Waals surface area contributed by atoms with Crippen molar-refractivity contribution in [1.82, 2.24) is 14.9 Å². The van der Waals surface area contributed by atoms with Gasteiger partial charge in [0.15, 0.2) is 0 Å². The highest BCUT2D eigenvalue weighted by molar-refractivity contribution is 5.87. The van der Waals surface area contributed by atoms with Gasteiger partial charge in [0.25, 0.3) is 0 Å². The van der Waals surface area contributed by atoms with Gasteiger partial charge in [0.2, 0.25) is 5.95 Å². The van der Waals surface area contributed by atoms with E-state index in [1.165, 1.54) is 18.9 Å². The number of benzene rings is 2. The number of nitrogens with one attached hydrogen (secondary N) is 1. The number of hydrogen-bond donors (Lipinski definition) is 2. The molecule has 30 heavy (non-hydrogen) atoms. The van der Waals surface area contributed by atoms with Crippen LogP contribution >= 0.6 is 0 Å². The Bertz CT molecular complexity index is 1040. The Morgan fingerprint density at radius 1 is 1.10 bits per heavy atom. The molecule has 5 nitrogen and oxygen atoms in total. The van der Waals surface area contributed by atoms with Crippen molar-refractivity contribution in [1.29, 1.82) is 0 Å². The first-order valence-corrected chi connectivity index (χ1v) is 10.7. The average Bonchev–Trinajstić information content (AvgIpc) is 2.75. The predicted molar refractivity (Wildman–Crippen MR) is 122 cm³/mol. The lowest BCUT2D eigenvalue weighted by Gasteiger charge is -2.32. The lowest BCUT2D eigenvalue weighted by atomic mass is 9.90. The van der Waals surface area contributed by atoms with E-state index in [2.05, 4.69) is 42.3 Å². The predicted octanol–water partition coefficient (Wildman–Crippen LogP) is 4.87. The molecule has 0 bridgehead atoms. The van der Waals surface area contributed by atoms with E-state index in [1.807, 2.05) is 18.3 Å². The molecule has 158 valence electrons. The minimum Gasteiger partial charge on any atom is -0.396 e. The van der Waals surface area contributed by atoms with E-state index < -0.39 is 5.82 Å². The fourth-order valence-corrected chi connectivity index (χ4v) is 4.35. The SMILES string of the molecule is CCc1cc(-c2ccc(N)c(F)c2)cc2cnc(N[C@H]3CC[C@H](N(C)C)CC3)nc12. The standard InChI is InChI=1S/C24H30FN5/c1-4-15-11-17(16-5-10-22(26)21(25)13-16)12-18-14-27-24(29-23(15)18)28-19-6-8-20(9-7-19)30(2)3/h5,10-14,19-20H,4,6-9,26H2,1-3H3,(H,27,28,29)/t19-,20-. The molecule has 0 unspecified atom stereocenters. The van der Waals surface area contributed by atoms with Crippen molar-refractivity contribution in [2.45, 2.75) is 51.1 Å². The van der Waals surface area contributed by atoms with Crippen molar-refractivity contribution in [3.8, 4) is 11.1 Å². The van der Waals surface area contributed by atoms with Crippen molar-refractivity contribution in [2.75, 3.05) is 25.1 Å². The highest BCUT2D eigenvalue weighted by atomic mass is 19.1. The molecule has 0 radical (unpaired) electrons. The molecule has 6 heteroatoms. The molecule has 1 aliphatic rings. The van der Waals surface area contributed by atoms with E-state index in [0.29, 0.717) is 18.0 Å². The summed E-state index contributed by atoms with van der Waals surface area (Å²) in [7, 11) is 4.31. The van der Waals surface area contributed by atoms with Crippen LogP contribution in [-0.4, -0.2) is 41.0 Å². The zero-order valence-electron chi connectivity index (χ0n) is 18.0. The number of halogens is 1. The van der Waals surface area contributed by atoms with Crippen LogP contribution < -0.4 is 11.1 Å². The quantitative estimate of drug-likeness (QED) is 0.591. The zero-order chi connectivity index (χ0) is 21.3. The van der Waals surface area contributed by atoms with Gasteiger partial charge < -0.3 is 16.0 Å². The van der Waals surface area contributed by atoms with Crippen molar-refractivity contribution in [3.05, 3.63) is 47.9 Å². The summed E-state index contributed by atoms with van der Waals surface area (Å²) in [5, 5.41) is 4.50. The lowest BCUT2D eigenvalue weighted by Crippen LogP contribution is -2.36. The average molecular weight is 408 g/mol. The van der Waals surface area contributed by atoms with Gasteiger partial charge >= 0.3 is 0 Å². The molecule has 3 N–H and O–H groups in total. The van der Waals surface area contributed by atoms with Crippen molar-refractivity contribution in [3.63, 3.8) is 0 Å². The molecular formula is C24H30FN5. The number of aryl methyl sites for hydroxylation is 1. The molecule has 1 aliphatic carbocycles. The van der Waals surface area contributed by atoms with E-state index in [-0.39, 0.29) is 5.69 Å². The Balaban J connectivity index is 1.59. The number of fused-ring (bicyclic) bond motifs is 1. The Morgan fingerprint density at radius 3 is 2.53 bits per heavy atom. The van der Waals surface area contributed by atoms with Crippen LogP contribution in [0.5, 0.6) is 0 Å². The van der Waals surface area contributed by atoms with Crippen LogP contribution in [0.3, 0.4) is 0 Å². The smallest absolute Gasteiger partial charge is 0.223 e. The number of nitrogens with two attached hydrogens (primary N) is 1. The second kappa shape index (κ2) is 8.56. The molecule has 2 aromatic carbocycles. The highest BCUT2D eigenvalue weighted by Gasteiger charge is 2.23. The van der Waals surface area contributed by atoms with Crippen LogP contribution in [0.1, 0.15) is 38.2 Å². The fourth-order valence-electron chi connectivity index (χ4n) is 4.35. The lowest BCUT2D eigenvalue weighted by molar-refractivity contribution is 0.221. The van der Waals surface area contributed by atoms with Gasteiger partial charge in [-0.3, -0.25) is 0 Å². The first kappa shape index (κ1) is 20.5. The molecule has 3 aromatic rings. The highest BCUT2D eigenvalue weighted by Crippen LogP contribution is 2.30. The summed E-state index contributed by atoms with van der Waals surface area (Å²) < 4.78 is 13.9.